The first-order chi connectivity index (χ1) is 18.7. The van der Waals surface area contributed by atoms with Gasteiger partial charge in [-0.2, -0.15) is 0 Å². The average Bonchev–Trinajstić information content (AvgIpc) is 3.68. The van der Waals surface area contributed by atoms with Crippen LogP contribution >= 0.6 is 0 Å². The van der Waals surface area contributed by atoms with Crippen LogP contribution in [-0.4, -0.2) is 82.7 Å². The highest BCUT2D eigenvalue weighted by atomic mass is 16.6. The molecule has 0 aromatic rings. The zero-order valence-electron chi connectivity index (χ0n) is 25.3. The van der Waals surface area contributed by atoms with Gasteiger partial charge in [-0.1, -0.05) is 52.0 Å². The van der Waals surface area contributed by atoms with Crippen molar-refractivity contribution >= 4 is 11.9 Å². The molecule has 0 aliphatic carbocycles. The largest absolute Gasteiger partial charge is 0.457 e. The number of epoxide rings is 1. The maximum atomic E-state index is 12.6. The summed E-state index contributed by atoms with van der Waals surface area (Å²) in [5.74, 6) is -1.39. The number of cyclic esters (lactones) is 1. The Morgan fingerprint density at radius 1 is 1.25 bits per heavy atom. The van der Waals surface area contributed by atoms with E-state index in [9.17, 15) is 24.9 Å². The fraction of sp³-hybridized carbons (Fsp3) is 0.742. The number of allylic oxidation sites excluding steroid dienone is 2. The maximum absolute atomic E-state index is 12.6. The molecule has 2 rings (SSSR count). The maximum Gasteiger partial charge on any atom is 0.309 e. The number of carbonyl (C=O) groups excluding carboxylic acids is 2. The molecule has 0 saturated carbocycles. The van der Waals surface area contributed by atoms with E-state index in [0.717, 1.165) is 12.0 Å². The number of carbonyl (C=O) groups is 2. The van der Waals surface area contributed by atoms with E-state index in [-0.39, 0.29) is 55.3 Å². The Bertz CT molecular complexity index is 920. The molecule has 9 nitrogen and oxygen atoms in total. The van der Waals surface area contributed by atoms with E-state index in [1.54, 1.807) is 26.2 Å². The van der Waals surface area contributed by atoms with Gasteiger partial charge < -0.3 is 34.3 Å². The summed E-state index contributed by atoms with van der Waals surface area (Å²) in [6, 6.07) is 0. The molecule has 40 heavy (non-hydrogen) atoms. The minimum atomic E-state index is -1.42. The second-order valence-corrected chi connectivity index (χ2v) is 11.7. The van der Waals surface area contributed by atoms with Crippen LogP contribution in [0.1, 0.15) is 74.1 Å². The zero-order valence-corrected chi connectivity index (χ0v) is 25.3. The van der Waals surface area contributed by atoms with Crippen LogP contribution in [0.15, 0.2) is 36.0 Å². The van der Waals surface area contributed by atoms with Gasteiger partial charge in [0.25, 0.3) is 0 Å². The predicted molar refractivity (Wildman–Crippen MR) is 151 cm³/mol. The molecule has 3 N–H and O–H groups in total. The van der Waals surface area contributed by atoms with Crippen LogP contribution in [0.3, 0.4) is 0 Å². The lowest BCUT2D eigenvalue weighted by Gasteiger charge is -2.32. The second-order valence-electron chi connectivity index (χ2n) is 11.7. The van der Waals surface area contributed by atoms with E-state index in [1.165, 1.54) is 6.92 Å². The van der Waals surface area contributed by atoms with E-state index in [1.807, 2.05) is 39.0 Å². The van der Waals surface area contributed by atoms with Crippen LogP contribution in [0.25, 0.3) is 0 Å². The zero-order chi connectivity index (χ0) is 30.2. The average molecular weight is 567 g/mol. The summed E-state index contributed by atoms with van der Waals surface area (Å²) >= 11 is 0. The molecule has 0 bridgehead atoms. The molecule has 0 aromatic heterocycles. The summed E-state index contributed by atoms with van der Waals surface area (Å²) in [6.45, 7) is 12.6. The summed E-state index contributed by atoms with van der Waals surface area (Å²) in [6.07, 6.45) is 6.42. The van der Waals surface area contributed by atoms with Crippen molar-refractivity contribution in [1.29, 1.82) is 0 Å². The number of hydrogen-bond donors (Lipinski definition) is 3. The normalized spacial score (nSPS) is 36.0. The van der Waals surface area contributed by atoms with Crippen LogP contribution in [0.2, 0.25) is 0 Å². The molecule has 0 radical (unpaired) electrons. The SMILES string of the molecule is CCC(OC)C(C)C1OC1C(O)C(C)/C=C/C=C(\C)C1OC(=O)CC(O)CC[C@@](C)(O)[C@@H](OC(C)=O)/C=C/C1C. The third kappa shape index (κ3) is 9.80. The van der Waals surface area contributed by atoms with Gasteiger partial charge in [0.05, 0.1) is 30.8 Å². The fourth-order valence-corrected chi connectivity index (χ4v) is 5.32. The van der Waals surface area contributed by atoms with Crippen LogP contribution in [0.4, 0.5) is 0 Å². The predicted octanol–water partition coefficient (Wildman–Crippen LogP) is 3.65. The van der Waals surface area contributed by atoms with Crippen molar-refractivity contribution in [1.82, 2.24) is 0 Å². The van der Waals surface area contributed by atoms with Gasteiger partial charge in [-0.25, -0.2) is 0 Å². The smallest absolute Gasteiger partial charge is 0.309 e. The minimum Gasteiger partial charge on any atom is -0.457 e. The van der Waals surface area contributed by atoms with Crippen LogP contribution in [0.5, 0.6) is 0 Å². The van der Waals surface area contributed by atoms with Crippen LogP contribution in [-0.2, 0) is 28.5 Å². The monoisotopic (exact) mass is 566 g/mol. The van der Waals surface area contributed by atoms with Gasteiger partial charge in [0.2, 0.25) is 0 Å². The lowest BCUT2D eigenvalue weighted by atomic mass is 9.88. The van der Waals surface area contributed by atoms with Crippen molar-refractivity contribution < 1.29 is 43.9 Å². The first kappa shape index (κ1) is 34.2. The Labute approximate surface area is 239 Å². The number of ether oxygens (including phenoxy) is 4. The van der Waals surface area contributed by atoms with Crippen molar-refractivity contribution in [2.45, 2.75) is 122 Å². The molecule has 2 heterocycles. The van der Waals surface area contributed by atoms with Gasteiger partial charge in [-0.3, -0.25) is 9.59 Å². The molecular formula is C31H50O9. The highest BCUT2D eigenvalue weighted by Gasteiger charge is 2.50. The Balaban J connectivity index is 2.16. The Morgan fingerprint density at radius 2 is 1.93 bits per heavy atom. The summed E-state index contributed by atoms with van der Waals surface area (Å²) in [4.78, 5) is 24.3. The minimum absolute atomic E-state index is 0.0387. The lowest BCUT2D eigenvalue weighted by molar-refractivity contribution is -0.157. The van der Waals surface area contributed by atoms with Gasteiger partial charge in [-0.05, 0) is 44.8 Å². The molecule has 9 heteroatoms. The molecule has 11 atom stereocenters. The number of rotatable bonds is 10. The molecule has 9 unspecified atom stereocenters. The third-order valence-electron chi connectivity index (χ3n) is 8.09. The van der Waals surface area contributed by atoms with E-state index in [2.05, 4.69) is 13.8 Å². The molecule has 0 amide bonds. The van der Waals surface area contributed by atoms with E-state index in [4.69, 9.17) is 18.9 Å². The van der Waals surface area contributed by atoms with E-state index in [0.29, 0.717) is 0 Å². The van der Waals surface area contributed by atoms with Crippen molar-refractivity contribution in [2.75, 3.05) is 7.11 Å². The van der Waals surface area contributed by atoms with Gasteiger partial charge in [0.15, 0.2) is 0 Å². The van der Waals surface area contributed by atoms with Gasteiger partial charge in [0.1, 0.15) is 23.9 Å². The molecule has 1 fully saturated rings. The number of aliphatic hydroxyl groups is 3. The van der Waals surface area contributed by atoms with E-state index >= 15 is 0 Å². The van der Waals surface area contributed by atoms with Crippen molar-refractivity contribution in [2.24, 2.45) is 17.8 Å². The molecule has 0 spiro atoms. The Hall–Kier alpha value is -2.04. The quantitative estimate of drug-likeness (QED) is 0.157. The standard InChI is InChI=1S/C31H50O9/c1-9-24(37-8)21(5)29-30(40-29)27(35)18(2)11-10-12-19(3)28-20(4)13-14-25(38-22(6)32)31(7,36)16-15-23(33)17-26(34)39-28/h10-14,18,20-21,23-25,27-30,33,35-36H,9,15-17H2,1-8H3/b11-10+,14-13+,19-12+/t18?,20?,21?,23?,24?,25-,27?,28?,29?,30?,31+/m0/s1. The molecule has 2 aliphatic heterocycles. The number of methoxy groups -OCH3 is 1. The summed E-state index contributed by atoms with van der Waals surface area (Å²) in [7, 11) is 1.69. The molecule has 2 aliphatic rings. The third-order valence-corrected chi connectivity index (χ3v) is 8.09. The summed E-state index contributed by atoms with van der Waals surface area (Å²) in [5.41, 5.74) is -0.666. The number of hydrogen-bond acceptors (Lipinski definition) is 9. The van der Waals surface area contributed by atoms with Crippen LogP contribution in [0, 0.1) is 17.8 Å². The van der Waals surface area contributed by atoms with Gasteiger partial charge >= 0.3 is 11.9 Å². The molecular weight excluding hydrogens is 516 g/mol. The second kappa shape index (κ2) is 15.3. The topological polar surface area (TPSA) is 135 Å². The first-order valence-corrected chi connectivity index (χ1v) is 14.4. The molecule has 228 valence electrons. The van der Waals surface area contributed by atoms with E-state index < -0.39 is 42.0 Å². The van der Waals surface area contributed by atoms with Crippen molar-refractivity contribution in [3.8, 4) is 0 Å². The summed E-state index contributed by atoms with van der Waals surface area (Å²) < 4.78 is 22.5. The highest BCUT2D eigenvalue weighted by molar-refractivity contribution is 5.70. The lowest BCUT2D eigenvalue weighted by Crippen LogP contribution is -2.42. The van der Waals surface area contributed by atoms with Gasteiger partial charge in [0, 0.05) is 31.8 Å². The summed E-state index contributed by atoms with van der Waals surface area (Å²) in [5, 5.41) is 32.2. The molecule has 0 aromatic carbocycles. The van der Waals surface area contributed by atoms with Crippen molar-refractivity contribution in [3.05, 3.63) is 36.0 Å². The fourth-order valence-electron chi connectivity index (χ4n) is 5.32. The highest BCUT2D eigenvalue weighted by Crippen LogP contribution is 2.37. The van der Waals surface area contributed by atoms with Gasteiger partial charge in [-0.15, -0.1) is 0 Å². The molecule has 1 saturated heterocycles. The first-order valence-electron chi connectivity index (χ1n) is 14.4. The number of aliphatic hydroxyl groups excluding tert-OH is 2. The van der Waals surface area contributed by atoms with Crippen molar-refractivity contribution in [3.63, 3.8) is 0 Å². The Morgan fingerprint density at radius 3 is 2.52 bits per heavy atom. The van der Waals surface area contributed by atoms with Crippen LogP contribution < -0.4 is 0 Å². The number of esters is 2. The Kier molecular flexibility index (Phi) is 13.0.